The van der Waals surface area contributed by atoms with Crippen LogP contribution in [-0.2, 0) is 0 Å². The Hall–Kier alpha value is -2.19. The molecule has 21 heavy (non-hydrogen) atoms. The molecule has 0 spiro atoms. The fourth-order valence-electron chi connectivity index (χ4n) is 2.87. The Kier molecular flexibility index (Phi) is 3.72. The predicted octanol–water partition coefficient (Wildman–Crippen LogP) is 4.60. The van der Waals surface area contributed by atoms with Gasteiger partial charge in [0.2, 0.25) is 0 Å². The van der Waals surface area contributed by atoms with E-state index >= 15 is 0 Å². The first-order valence-electron chi connectivity index (χ1n) is 7.12. The van der Waals surface area contributed by atoms with E-state index in [0.29, 0.717) is 11.1 Å². The predicted molar refractivity (Wildman–Crippen MR) is 86.0 cm³/mol. The summed E-state index contributed by atoms with van der Waals surface area (Å²) in [6.07, 6.45) is 0. The topological polar surface area (TPSA) is 12.0 Å². The Labute approximate surface area is 124 Å². The molecular formula is C19H18FN. The van der Waals surface area contributed by atoms with Gasteiger partial charge < -0.3 is 5.32 Å². The molecule has 0 saturated heterocycles. The minimum absolute atomic E-state index is 0.134. The molecule has 0 bridgehead atoms. The number of hydrogen-bond donors (Lipinski definition) is 1. The Morgan fingerprint density at radius 2 is 1.52 bits per heavy atom. The number of aryl methyl sites for hydroxylation is 1. The van der Waals surface area contributed by atoms with Crippen molar-refractivity contribution in [2.24, 2.45) is 0 Å². The van der Waals surface area contributed by atoms with Crippen molar-refractivity contribution in [1.29, 1.82) is 0 Å². The monoisotopic (exact) mass is 279 g/mol. The van der Waals surface area contributed by atoms with Gasteiger partial charge in [0.15, 0.2) is 0 Å². The molecule has 1 N–H and O–H groups in total. The number of nitrogens with one attached hydrogen (secondary N) is 1. The van der Waals surface area contributed by atoms with Gasteiger partial charge in [-0.3, -0.25) is 0 Å². The molecule has 0 aliphatic rings. The highest BCUT2D eigenvalue weighted by Gasteiger charge is 2.18. The molecule has 3 aromatic carbocycles. The van der Waals surface area contributed by atoms with E-state index < -0.39 is 0 Å². The fourth-order valence-corrected chi connectivity index (χ4v) is 2.87. The zero-order chi connectivity index (χ0) is 14.8. The van der Waals surface area contributed by atoms with E-state index in [1.54, 1.807) is 13.0 Å². The Bertz CT molecular complexity index is 774. The summed E-state index contributed by atoms with van der Waals surface area (Å²) in [5.74, 6) is -0.134. The zero-order valence-electron chi connectivity index (χ0n) is 12.2. The van der Waals surface area contributed by atoms with Crippen LogP contribution < -0.4 is 5.32 Å². The lowest BCUT2D eigenvalue weighted by molar-refractivity contribution is 0.570. The largest absolute Gasteiger partial charge is 0.309 e. The smallest absolute Gasteiger partial charge is 0.131 e. The second kappa shape index (κ2) is 5.66. The quantitative estimate of drug-likeness (QED) is 0.739. The maximum absolute atomic E-state index is 14.5. The van der Waals surface area contributed by atoms with E-state index in [-0.39, 0.29) is 11.9 Å². The van der Waals surface area contributed by atoms with Gasteiger partial charge >= 0.3 is 0 Å². The van der Waals surface area contributed by atoms with E-state index in [4.69, 9.17) is 0 Å². The Balaban J connectivity index is 2.21. The average molecular weight is 279 g/mol. The summed E-state index contributed by atoms with van der Waals surface area (Å²) in [5.41, 5.74) is 2.46. The first-order valence-corrected chi connectivity index (χ1v) is 7.12. The van der Waals surface area contributed by atoms with Gasteiger partial charge in [0.1, 0.15) is 5.82 Å². The molecule has 0 aromatic heterocycles. The molecular weight excluding hydrogens is 261 g/mol. The van der Waals surface area contributed by atoms with E-state index in [1.165, 1.54) is 5.39 Å². The van der Waals surface area contributed by atoms with Crippen molar-refractivity contribution >= 4 is 10.8 Å². The van der Waals surface area contributed by atoms with Crippen molar-refractivity contribution in [2.45, 2.75) is 13.0 Å². The summed E-state index contributed by atoms with van der Waals surface area (Å²) in [5, 5.41) is 5.58. The van der Waals surface area contributed by atoms with Gasteiger partial charge in [-0.1, -0.05) is 60.7 Å². The molecule has 2 heteroatoms. The third-order valence-electron chi connectivity index (χ3n) is 3.96. The first-order chi connectivity index (χ1) is 10.2. The molecule has 106 valence electrons. The highest BCUT2D eigenvalue weighted by molar-refractivity contribution is 5.86. The fraction of sp³-hybridized carbons (Fsp3) is 0.158. The lowest BCUT2D eigenvalue weighted by Crippen LogP contribution is -2.19. The number of halogens is 1. The summed E-state index contributed by atoms with van der Waals surface area (Å²) in [7, 11) is 1.87. The first kappa shape index (κ1) is 13.8. The highest BCUT2D eigenvalue weighted by atomic mass is 19.1. The molecule has 0 radical (unpaired) electrons. The molecule has 3 aromatic rings. The second-order valence-corrected chi connectivity index (χ2v) is 5.27. The van der Waals surface area contributed by atoms with Gasteiger partial charge in [0.05, 0.1) is 6.04 Å². The number of benzene rings is 3. The minimum atomic E-state index is -0.156. The molecule has 0 fully saturated rings. The van der Waals surface area contributed by atoms with Gasteiger partial charge in [-0.15, -0.1) is 0 Å². The molecule has 0 aliphatic heterocycles. The van der Waals surface area contributed by atoms with E-state index in [9.17, 15) is 4.39 Å². The molecule has 0 saturated carbocycles. The molecule has 1 unspecified atom stereocenters. The van der Waals surface area contributed by atoms with Gasteiger partial charge in [0, 0.05) is 5.56 Å². The summed E-state index contributed by atoms with van der Waals surface area (Å²) >= 11 is 0. The summed E-state index contributed by atoms with van der Waals surface area (Å²) < 4.78 is 14.5. The highest BCUT2D eigenvalue weighted by Crippen LogP contribution is 2.30. The zero-order valence-corrected chi connectivity index (χ0v) is 12.2. The van der Waals surface area contributed by atoms with Crippen LogP contribution in [0.1, 0.15) is 22.7 Å². The molecule has 1 nitrogen and oxygen atoms in total. The van der Waals surface area contributed by atoms with Crippen LogP contribution in [0.3, 0.4) is 0 Å². The molecule has 0 amide bonds. The Morgan fingerprint density at radius 1 is 0.857 bits per heavy atom. The van der Waals surface area contributed by atoms with Gasteiger partial charge in [-0.25, -0.2) is 4.39 Å². The van der Waals surface area contributed by atoms with Gasteiger partial charge in [-0.2, -0.15) is 0 Å². The standard InChI is InChI=1S/C19H18FN/c1-13-7-5-12-17(18(13)20)19(21-2)16-11-6-9-14-8-3-4-10-15(14)16/h3-12,19,21H,1-2H3. The number of hydrogen-bond acceptors (Lipinski definition) is 1. The van der Waals surface area contributed by atoms with Crippen LogP contribution in [0.15, 0.2) is 60.7 Å². The van der Waals surface area contributed by atoms with Crippen molar-refractivity contribution in [3.8, 4) is 0 Å². The van der Waals surface area contributed by atoms with Crippen molar-refractivity contribution < 1.29 is 4.39 Å². The third kappa shape index (κ3) is 2.43. The minimum Gasteiger partial charge on any atom is -0.309 e. The Morgan fingerprint density at radius 3 is 2.33 bits per heavy atom. The van der Waals surface area contributed by atoms with Gasteiger partial charge in [0.25, 0.3) is 0 Å². The number of rotatable bonds is 3. The van der Waals surface area contributed by atoms with Crippen LogP contribution in [0, 0.1) is 12.7 Å². The summed E-state index contributed by atoms with van der Waals surface area (Å²) in [6.45, 7) is 1.80. The van der Waals surface area contributed by atoms with Gasteiger partial charge in [-0.05, 0) is 35.9 Å². The summed E-state index contributed by atoms with van der Waals surface area (Å²) in [4.78, 5) is 0. The molecule has 0 aliphatic carbocycles. The van der Waals surface area contributed by atoms with Crippen LogP contribution in [0.2, 0.25) is 0 Å². The third-order valence-corrected chi connectivity index (χ3v) is 3.96. The van der Waals surface area contributed by atoms with Crippen molar-refractivity contribution in [3.05, 3.63) is 83.2 Å². The number of fused-ring (bicyclic) bond motifs is 1. The second-order valence-electron chi connectivity index (χ2n) is 5.27. The van der Waals surface area contributed by atoms with E-state index in [1.807, 2.05) is 37.4 Å². The molecule has 1 atom stereocenters. The van der Waals surface area contributed by atoms with Crippen LogP contribution in [0.5, 0.6) is 0 Å². The van der Waals surface area contributed by atoms with Crippen LogP contribution in [-0.4, -0.2) is 7.05 Å². The van der Waals surface area contributed by atoms with Crippen LogP contribution in [0.4, 0.5) is 4.39 Å². The van der Waals surface area contributed by atoms with Crippen LogP contribution >= 0.6 is 0 Å². The molecule has 3 rings (SSSR count). The molecule has 0 heterocycles. The normalized spacial score (nSPS) is 12.5. The van der Waals surface area contributed by atoms with Crippen molar-refractivity contribution in [2.75, 3.05) is 7.05 Å². The lowest BCUT2D eigenvalue weighted by Gasteiger charge is -2.20. The van der Waals surface area contributed by atoms with Crippen molar-refractivity contribution in [3.63, 3.8) is 0 Å². The maximum Gasteiger partial charge on any atom is 0.131 e. The van der Waals surface area contributed by atoms with E-state index in [2.05, 4.69) is 29.6 Å². The summed E-state index contributed by atoms with van der Waals surface area (Å²) in [6, 6.07) is 19.8. The van der Waals surface area contributed by atoms with Crippen molar-refractivity contribution in [1.82, 2.24) is 5.32 Å². The average Bonchev–Trinajstić information content (AvgIpc) is 2.52. The van der Waals surface area contributed by atoms with Crippen LogP contribution in [0.25, 0.3) is 10.8 Å². The SMILES string of the molecule is CNC(c1cccc(C)c1F)c1cccc2ccccc12. The lowest BCUT2D eigenvalue weighted by atomic mass is 9.92. The van der Waals surface area contributed by atoms with E-state index in [0.717, 1.165) is 10.9 Å². The maximum atomic E-state index is 14.5.